The molecule has 0 N–H and O–H groups in total. The highest BCUT2D eigenvalue weighted by Gasteiger charge is 2.34. The Balaban J connectivity index is 2.63. The van der Waals surface area contributed by atoms with E-state index in [4.69, 9.17) is 23.2 Å². The van der Waals surface area contributed by atoms with Crippen LogP contribution in [0.25, 0.3) is 10.9 Å². The molecule has 0 saturated heterocycles. The highest BCUT2D eigenvalue weighted by molar-refractivity contribution is 6.31. The first kappa shape index (κ1) is 20.7. The van der Waals surface area contributed by atoms with Crippen LogP contribution in [-0.2, 0) is 11.3 Å². The fourth-order valence-electron chi connectivity index (χ4n) is 3.01. The molecule has 0 spiro atoms. The lowest BCUT2D eigenvalue weighted by Crippen LogP contribution is -2.44. The van der Waals surface area contributed by atoms with Crippen LogP contribution in [0.2, 0.25) is 5.02 Å². The van der Waals surface area contributed by atoms with Gasteiger partial charge in [-0.3, -0.25) is 14.2 Å². The summed E-state index contributed by atoms with van der Waals surface area (Å²) in [6, 6.07) is 4.68. The molecule has 0 saturated carbocycles. The van der Waals surface area contributed by atoms with Crippen molar-refractivity contribution in [2.24, 2.45) is 5.41 Å². The van der Waals surface area contributed by atoms with E-state index in [2.05, 4.69) is 4.98 Å². The largest absolute Gasteiger partial charge is 0.333 e. The fraction of sp³-hybridized carbons (Fsp3) is 0.526. The monoisotopic (exact) mass is 397 g/mol. The number of benzene rings is 1. The minimum atomic E-state index is -0.691. The van der Waals surface area contributed by atoms with Crippen molar-refractivity contribution in [1.29, 1.82) is 0 Å². The minimum absolute atomic E-state index is 0.0643. The first-order valence-corrected chi connectivity index (χ1v) is 9.66. The summed E-state index contributed by atoms with van der Waals surface area (Å²) in [7, 11) is 0. The number of hydrogen-bond donors (Lipinski definition) is 0. The molecule has 0 aliphatic rings. The fourth-order valence-corrected chi connectivity index (χ4v) is 3.30. The molecule has 0 bridgehead atoms. The van der Waals surface area contributed by atoms with Crippen molar-refractivity contribution >= 4 is 40.0 Å². The van der Waals surface area contributed by atoms with E-state index in [9.17, 15) is 9.59 Å². The van der Waals surface area contributed by atoms with E-state index in [1.165, 1.54) is 0 Å². The van der Waals surface area contributed by atoms with Crippen LogP contribution in [0.1, 0.15) is 46.5 Å². The van der Waals surface area contributed by atoms with E-state index < -0.39 is 5.41 Å². The van der Waals surface area contributed by atoms with Crippen LogP contribution in [0.3, 0.4) is 0 Å². The van der Waals surface area contributed by atoms with Gasteiger partial charge in [-0.1, -0.05) is 11.6 Å². The minimum Gasteiger partial charge on any atom is -0.333 e. The van der Waals surface area contributed by atoms with Gasteiger partial charge in [0.15, 0.2) is 0 Å². The predicted octanol–water partition coefficient (Wildman–Crippen LogP) is 4.24. The van der Waals surface area contributed by atoms with Gasteiger partial charge in [-0.25, -0.2) is 4.98 Å². The molecule has 26 heavy (non-hydrogen) atoms. The smallest absolute Gasteiger partial charge is 0.261 e. The summed E-state index contributed by atoms with van der Waals surface area (Å²) in [4.78, 5) is 32.2. The lowest BCUT2D eigenvalue weighted by molar-refractivity contribution is -0.141. The average Bonchev–Trinajstić information content (AvgIpc) is 2.61. The number of aromatic nitrogens is 2. The normalized spacial score (nSPS) is 13.0. The Kier molecular flexibility index (Phi) is 6.35. The molecule has 142 valence electrons. The molecule has 1 atom stereocenters. The van der Waals surface area contributed by atoms with E-state index in [0.29, 0.717) is 34.8 Å². The number of carbonyl (C=O) groups excluding carboxylic acids is 1. The maximum atomic E-state index is 12.9. The van der Waals surface area contributed by atoms with Gasteiger partial charge in [-0.05, 0) is 52.8 Å². The van der Waals surface area contributed by atoms with Crippen LogP contribution >= 0.6 is 23.2 Å². The van der Waals surface area contributed by atoms with E-state index in [1.54, 1.807) is 27.7 Å². The highest BCUT2D eigenvalue weighted by atomic mass is 35.5. The topological polar surface area (TPSA) is 55.2 Å². The molecule has 0 radical (unpaired) electrons. The van der Waals surface area contributed by atoms with E-state index >= 15 is 0 Å². The van der Waals surface area contributed by atoms with Gasteiger partial charge in [0, 0.05) is 24.0 Å². The van der Waals surface area contributed by atoms with Crippen molar-refractivity contribution in [1.82, 2.24) is 14.5 Å². The number of carbonyl (C=O) groups is 1. The van der Waals surface area contributed by atoms with Crippen LogP contribution in [0.15, 0.2) is 23.0 Å². The Labute approximate surface area is 163 Å². The zero-order valence-corrected chi connectivity index (χ0v) is 17.4. The molecule has 1 aromatic heterocycles. The second-order valence-electron chi connectivity index (χ2n) is 6.97. The highest BCUT2D eigenvalue weighted by Crippen LogP contribution is 2.27. The lowest BCUT2D eigenvalue weighted by atomic mass is 9.93. The van der Waals surface area contributed by atoms with Gasteiger partial charge in [0.25, 0.3) is 5.56 Å². The van der Waals surface area contributed by atoms with E-state index in [0.717, 1.165) is 0 Å². The number of nitrogens with zero attached hydrogens (tertiary/aromatic N) is 3. The second kappa shape index (κ2) is 7.97. The first-order chi connectivity index (χ1) is 12.2. The maximum Gasteiger partial charge on any atom is 0.261 e. The molecule has 1 heterocycles. The van der Waals surface area contributed by atoms with E-state index in [1.807, 2.05) is 34.6 Å². The molecular formula is C19H25Cl2N3O2. The van der Waals surface area contributed by atoms with Crippen LogP contribution in [0.4, 0.5) is 0 Å². The van der Waals surface area contributed by atoms with Crippen molar-refractivity contribution in [2.75, 3.05) is 12.4 Å². The summed E-state index contributed by atoms with van der Waals surface area (Å²) < 4.78 is 1.62. The lowest BCUT2D eigenvalue weighted by Gasteiger charge is -2.34. The van der Waals surface area contributed by atoms with Crippen molar-refractivity contribution in [3.05, 3.63) is 39.4 Å². The standard InChI is InChI=1S/C19H25Cl2N3O2/c1-6-23(18(26)19(4,5)11-20)12(3)16-22-15-10-13(21)8-9-14(15)17(25)24(16)7-2/h8-10,12H,6-7,11H2,1-5H3. The molecule has 7 heteroatoms. The Morgan fingerprint density at radius 1 is 1.35 bits per heavy atom. The Bertz CT molecular complexity index is 877. The Morgan fingerprint density at radius 3 is 2.54 bits per heavy atom. The molecule has 0 aliphatic carbocycles. The van der Waals surface area contributed by atoms with Crippen LogP contribution in [0, 0.1) is 5.41 Å². The van der Waals surface area contributed by atoms with Crippen molar-refractivity contribution in [2.45, 2.75) is 47.2 Å². The molecule has 0 aliphatic heterocycles. The number of rotatable bonds is 6. The van der Waals surface area contributed by atoms with Gasteiger partial charge in [0.1, 0.15) is 5.82 Å². The summed E-state index contributed by atoms with van der Waals surface area (Å²) in [5.41, 5.74) is -0.283. The zero-order chi connectivity index (χ0) is 19.6. The van der Waals surface area contributed by atoms with Gasteiger partial charge in [0.2, 0.25) is 5.91 Å². The summed E-state index contributed by atoms with van der Waals surface area (Å²) >= 11 is 12.1. The quantitative estimate of drug-likeness (QED) is 0.684. The SMILES string of the molecule is CCN(C(=O)C(C)(C)CCl)C(C)c1nc2cc(Cl)ccc2c(=O)n1CC. The predicted molar refractivity (Wildman–Crippen MR) is 107 cm³/mol. The molecule has 0 fully saturated rings. The Morgan fingerprint density at radius 2 is 2.00 bits per heavy atom. The van der Waals surface area contributed by atoms with Gasteiger partial charge in [0.05, 0.1) is 22.4 Å². The van der Waals surface area contributed by atoms with Crippen molar-refractivity contribution < 1.29 is 4.79 Å². The third-order valence-electron chi connectivity index (χ3n) is 4.62. The summed E-state index contributed by atoms with van der Waals surface area (Å²) in [5, 5.41) is 1.03. The third kappa shape index (κ3) is 3.74. The molecular weight excluding hydrogens is 373 g/mol. The molecule has 1 unspecified atom stereocenters. The summed E-state index contributed by atoms with van der Waals surface area (Å²) in [6.45, 7) is 10.3. The van der Waals surface area contributed by atoms with Crippen LogP contribution in [-0.4, -0.2) is 32.8 Å². The zero-order valence-electron chi connectivity index (χ0n) is 15.8. The number of fused-ring (bicyclic) bond motifs is 1. The number of alkyl halides is 1. The van der Waals surface area contributed by atoms with E-state index in [-0.39, 0.29) is 23.4 Å². The maximum absolute atomic E-state index is 12.9. The Hall–Kier alpha value is -1.59. The van der Waals surface area contributed by atoms with Gasteiger partial charge in [-0.2, -0.15) is 0 Å². The van der Waals surface area contributed by atoms with Gasteiger partial charge in [-0.15, -0.1) is 11.6 Å². The number of halogens is 2. The average molecular weight is 398 g/mol. The van der Waals surface area contributed by atoms with Crippen LogP contribution < -0.4 is 5.56 Å². The van der Waals surface area contributed by atoms with Gasteiger partial charge < -0.3 is 4.90 Å². The third-order valence-corrected chi connectivity index (χ3v) is 5.52. The summed E-state index contributed by atoms with van der Waals surface area (Å²) in [6.07, 6.45) is 0. The molecule has 5 nitrogen and oxygen atoms in total. The van der Waals surface area contributed by atoms with Crippen LogP contribution in [0.5, 0.6) is 0 Å². The summed E-state index contributed by atoms with van der Waals surface area (Å²) in [5.74, 6) is 0.703. The number of hydrogen-bond acceptors (Lipinski definition) is 3. The molecule has 1 aromatic carbocycles. The molecule has 2 rings (SSSR count). The van der Waals surface area contributed by atoms with Crippen molar-refractivity contribution in [3.63, 3.8) is 0 Å². The number of amides is 1. The van der Waals surface area contributed by atoms with Crippen molar-refractivity contribution in [3.8, 4) is 0 Å². The molecule has 1 amide bonds. The molecule has 2 aromatic rings. The second-order valence-corrected chi connectivity index (χ2v) is 7.67. The first-order valence-electron chi connectivity index (χ1n) is 8.75. The van der Waals surface area contributed by atoms with Gasteiger partial charge >= 0.3 is 0 Å².